The van der Waals surface area contributed by atoms with Crippen LogP contribution >= 0.6 is 11.9 Å². The average Bonchev–Trinajstić information content (AvgIpc) is 3.15. The summed E-state index contributed by atoms with van der Waals surface area (Å²) in [6.07, 6.45) is 3.86. The summed E-state index contributed by atoms with van der Waals surface area (Å²) in [5.74, 6) is 1.71. The fraction of sp³-hybridized carbons (Fsp3) is 0.280. The first-order valence-corrected chi connectivity index (χ1v) is 11.6. The van der Waals surface area contributed by atoms with Crippen molar-refractivity contribution in [3.63, 3.8) is 0 Å². The van der Waals surface area contributed by atoms with Crippen molar-refractivity contribution in [3.8, 4) is 17.3 Å². The van der Waals surface area contributed by atoms with Gasteiger partial charge in [-0.05, 0) is 56.6 Å². The molecule has 0 N–H and O–H groups in total. The van der Waals surface area contributed by atoms with Crippen molar-refractivity contribution < 1.29 is 4.74 Å². The maximum Gasteiger partial charge on any atom is 0.170 e. The van der Waals surface area contributed by atoms with Gasteiger partial charge in [0, 0.05) is 31.1 Å². The van der Waals surface area contributed by atoms with Crippen LogP contribution in [0.15, 0.2) is 60.8 Å². The Morgan fingerprint density at radius 3 is 2.58 bits per heavy atom. The van der Waals surface area contributed by atoms with Crippen LogP contribution in [0.25, 0.3) is 22.6 Å². The van der Waals surface area contributed by atoms with Crippen molar-refractivity contribution in [1.82, 2.24) is 18.8 Å². The summed E-state index contributed by atoms with van der Waals surface area (Å²) >= 11 is 1.63. The number of aromatic nitrogens is 3. The van der Waals surface area contributed by atoms with Crippen molar-refractivity contribution in [2.45, 2.75) is 20.4 Å². The van der Waals surface area contributed by atoms with Crippen molar-refractivity contribution in [2.75, 3.05) is 26.5 Å². The molecule has 0 aliphatic rings. The van der Waals surface area contributed by atoms with E-state index in [2.05, 4.69) is 71.3 Å². The molecule has 4 rings (SSSR count). The average molecular weight is 433 g/mol. The number of ether oxygens (including phenoxy) is 1. The summed E-state index contributed by atoms with van der Waals surface area (Å²) < 4.78 is 8.28. The van der Waals surface area contributed by atoms with Crippen LogP contribution in [0.4, 0.5) is 0 Å². The molecule has 2 aromatic carbocycles. The number of benzene rings is 2. The SMILES string of the molecule is CSn1c(-c2nccc(OCCN(C)Cc3ccc(C)cc3)c2C)nc2ccccc21. The van der Waals surface area contributed by atoms with Crippen LogP contribution in [0, 0.1) is 13.8 Å². The summed E-state index contributed by atoms with van der Waals surface area (Å²) in [6, 6.07) is 18.8. The van der Waals surface area contributed by atoms with Gasteiger partial charge in [0.25, 0.3) is 0 Å². The van der Waals surface area contributed by atoms with Gasteiger partial charge in [0.1, 0.15) is 18.1 Å². The smallest absolute Gasteiger partial charge is 0.170 e. The molecule has 0 saturated heterocycles. The second-order valence-corrected chi connectivity index (χ2v) is 8.49. The highest BCUT2D eigenvalue weighted by Crippen LogP contribution is 2.32. The van der Waals surface area contributed by atoms with E-state index in [1.807, 2.05) is 24.3 Å². The zero-order valence-corrected chi connectivity index (χ0v) is 19.3. The zero-order valence-electron chi connectivity index (χ0n) is 18.5. The molecule has 4 aromatic rings. The van der Waals surface area contributed by atoms with E-state index < -0.39 is 0 Å². The topological polar surface area (TPSA) is 43.2 Å². The number of hydrogen-bond acceptors (Lipinski definition) is 5. The number of fused-ring (bicyclic) bond motifs is 1. The molecule has 6 heteroatoms. The van der Waals surface area contributed by atoms with Gasteiger partial charge in [-0.3, -0.25) is 13.9 Å². The van der Waals surface area contributed by atoms with E-state index in [0.29, 0.717) is 6.61 Å². The third-order valence-corrected chi connectivity index (χ3v) is 6.11. The highest BCUT2D eigenvalue weighted by Gasteiger charge is 2.17. The Morgan fingerprint density at radius 1 is 1.03 bits per heavy atom. The molecule has 2 aromatic heterocycles. The van der Waals surface area contributed by atoms with E-state index in [9.17, 15) is 0 Å². The number of hydrogen-bond donors (Lipinski definition) is 0. The van der Waals surface area contributed by atoms with Gasteiger partial charge < -0.3 is 4.74 Å². The lowest BCUT2D eigenvalue weighted by atomic mass is 10.1. The first-order chi connectivity index (χ1) is 15.1. The van der Waals surface area contributed by atoms with Crippen LogP contribution in [0.5, 0.6) is 5.75 Å². The van der Waals surface area contributed by atoms with Gasteiger partial charge in [-0.15, -0.1) is 0 Å². The molecular weight excluding hydrogens is 404 g/mol. The fourth-order valence-electron chi connectivity index (χ4n) is 3.63. The Bertz CT molecular complexity index is 1170. The summed E-state index contributed by atoms with van der Waals surface area (Å²) in [5.41, 5.74) is 6.53. The minimum absolute atomic E-state index is 0.617. The van der Waals surface area contributed by atoms with Gasteiger partial charge in [0.2, 0.25) is 0 Å². The van der Waals surface area contributed by atoms with Gasteiger partial charge in [-0.1, -0.05) is 42.0 Å². The monoisotopic (exact) mass is 432 g/mol. The maximum atomic E-state index is 6.15. The molecule has 0 aliphatic heterocycles. The second kappa shape index (κ2) is 9.54. The molecule has 0 atom stereocenters. The third-order valence-electron chi connectivity index (χ3n) is 5.37. The largest absolute Gasteiger partial charge is 0.492 e. The van der Waals surface area contributed by atoms with Gasteiger partial charge in [0.05, 0.1) is 11.0 Å². The Morgan fingerprint density at radius 2 is 1.81 bits per heavy atom. The molecule has 0 spiro atoms. The minimum atomic E-state index is 0.617. The molecule has 0 saturated carbocycles. The van der Waals surface area contributed by atoms with E-state index in [-0.39, 0.29) is 0 Å². The second-order valence-electron chi connectivity index (χ2n) is 7.76. The Labute approximate surface area is 188 Å². The van der Waals surface area contributed by atoms with E-state index in [0.717, 1.165) is 47.0 Å². The van der Waals surface area contributed by atoms with Crippen LogP contribution in [-0.2, 0) is 6.54 Å². The molecule has 31 heavy (non-hydrogen) atoms. The highest BCUT2D eigenvalue weighted by molar-refractivity contribution is 7.97. The zero-order chi connectivity index (χ0) is 21.8. The summed E-state index contributed by atoms with van der Waals surface area (Å²) in [7, 11) is 2.12. The van der Waals surface area contributed by atoms with Crippen LogP contribution in [0.2, 0.25) is 0 Å². The molecule has 160 valence electrons. The number of nitrogens with zero attached hydrogens (tertiary/aromatic N) is 4. The number of rotatable bonds is 8. The standard InChI is InChI=1S/C25H28N4OS/c1-18-9-11-20(12-10-18)17-28(3)15-16-30-23-13-14-26-24(19(23)2)25-27-21-7-5-6-8-22(21)29(25)31-4/h5-14H,15-17H2,1-4H3. The lowest BCUT2D eigenvalue weighted by Gasteiger charge is -2.18. The van der Waals surface area contributed by atoms with Crippen LogP contribution < -0.4 is 4.74 Å². The normalized spacial score (nSPS) is 11.4. The fourth-order valence-corrected chi connectivity index (χ4v) is 4.28. The predicted molar refractivity (Wildman–Crippen MR) is 130 cm³/mol. The van der Waals surface area contributed by atoms with Crippen molar-refractivity contribution >= 4 is 23.0 Å². The molecule has 5 nitrogen and oxygen atoms in total. The van der Waals surface area contributed by atoms with Crippen molar-refractivity contribution in [2.24, 2.45) is 0 Å². The first-order valence-electron chi connectivity index (χ1n) is 10.4. The number of pyridine rings is 1. The Balaban J connectivity index is 1.46. The minimum Gasteiger partial charge on any atom is -0.492 e. The highest BCUT2D eigenvalue weighted by atomic mass is 32.2. The number of imidazole rings is 1. The van der Waals surface area contributed by atoms with Gasteiger partial charge in [-0.2, -0.15) is 0 Å². The summed E-state index contributed by atoms with van der Waals surface area (Å²) in [6.45, 7) is 6.53. The lowest BCUT2D eigenvalue weighted by Crippen LogP contribution is -2.24. The third kappa shape index (κ3) is 4.75. The molecule has 0 unspecified atom stereocenters. The van der Waals surface area contributed by atoms with Crippen LogP contribution in [0.1, 0.15) is 16.7 Å². The Kier molecular flexibility index (Phi) is 6.59. The van der Waals surface area contributed by atoms with Crippen LogP contribution in [-0.4, -0.2) is 45.3 Å². The number of para-hydroxylation sites is 2. The van der Waals surface area contributed by atoms with Gasteiger partial charge in [0.15, 0.2) is 5.82 Å². The van der Waals surface area contributed by atoms with Crippen LogP contribution in [0.3, 0.4) is 0 Å². The predicted octanol–water partition coefficient (Wildman–Crippen LogP) is 5.35. The van der Waals surface area contributed by atoms with E-state index in [1.165, 1.54) is 11.1 Å². The van der Waals surface area contributed by atoms with E-state index in [1.54, 1.807) is 18.1 Å². The molecular formula is C25H28N4OS. The molecule has 2 heterocycles. The van der Waals surface area contributed by atoms with Gasteiger partial charge >= 0.3 is 0 Å². The first kappa shape index (κ1) is 21.4. The summed E-state index contributed by atoms with van der Waals surface area (Å²) in [5, 5.41) is 0. The molecule has 0 radical (unpaired) electrons. The number of aryl methyl sites for hydroxylation is 1. The van der Waals surface area contributed by atoms with E-state index in [4.69, 9.17) is 9.72 Å². The Hall–Kier alpha value is -2.83. The lowest BCUT2D eigenvalue weighted by molar-refractivity contribution is 0.232. The number of likely N-dealkylation sites (N-methyl/N-ethyl adjacent to an activating group) is 1. The quantitative estimate of drug-likeness (QED) is 0.375. The van der Waals surface area contributed by atoms with Gasteiger partial charge in [-0.25, -0.2) is 4.98 Å². The van der Waals surface area contributed by atoms with E-state index >= 15 is 0 Å². The summed E-state index contributed by atoms with van der Waals surface area (Å²) in [4.78, 5) is 11.7. The maximum absolute atomic E-state index is 6.15. The van der Waals surface area contributed by atoms with Crippen molar-refractivity contribution in [1.29, 1.82) is 0 Å². The molecule has 0 bridgehead atoms. The molecule has 0 fully saturated rings. The molecule has 0 amide bonds. The van der Waals surface area contributed by atoms with Crippen molar-refractivity contribution in [3.05, 3.63) is 77.5 Å². The molecule has 0 aliphatic carbocycles.